The molecule has 1 aliphatic heterocycles. The van der Waals surface area contributed by atoms with Crippen molar-refractivity contribution in [1.29, 1.82) is 0 Å². The minimum absolute atomic E-state index is 0.0742. The first-order chi connectivity index (χ1) is 12.5. The van der Waals surface area contributed by atoms with Crippen molar-refractivity contribution in [2.75, 3.05) is 11.9 Å². The summed E-state index contributed by atoms with van der Waals surface area (Å²) in [5.41, 5.74) is 2.51. The molecule has 5 heteroatoms. The van der Waals surface area contributed by atoms with Crippen molar-refractivity contribution in [1.82, 2.24) is 14.9 Å². The fourth-order valence-electron chi connectivity index (χ4n) is 3.18. The molecule has 0 saturated heterocycles. The summed E-state index contributed by atoms with van der Waals surface area (Å²) in [4.78, 5) is 23.3. The summed E-state index contributed by atoms with van der Waals surface area (Å²) < 4.78 is 0. The average molecular weight is 350 g/mol. The van der Waals surface area contributed by atoms with Gasteiger partial charge in [0.1, 0.15) is 12.1 Å². The topological polar surface area (TPSA) is 58.1 Å². The third-order valence-corrected chi connectivity index (χ3v) is 4.47. The normalized spacial score (nSPS) is 16.5. The van der Waals surface area contributed by atoms with Gasteiger partial charge in [-0.3, -0.25) is 4.79 Å². The van der Waals surface area contributed by atoms with Crippen LogP contribution in [-0.2, 0) is 0 Å². The number of hydrogen-bond acceptors (Lipinski definition) is 4. The quantitative estimate of drug-likeness (QED) is 0.828. The lowest BCUT2D eigenvalue weighted by atomic mass is 10.0. The monoisotopic (exact) mass is 350 g/mol. The number of carbonyl (C=O) groups is 1. The zero-order valence-electron chi connectivity index (χ0n) is 15.8. The predicted octanol–water partition coefficient (Wildman–Crippen LogP) is 4.00. The van der Waals surface area contributed by atoms with Crippen LogP contribution >= 0.6 is 0 Å². The van der Waals surface area contributed by atoms with Gasteiger partial charge in [0.25, 0.3) is 5.91 Å². The van der Waals surface area contributed by atoms with Gasteiger partial charge in [-0.15, -0.1) is 0 Å². The van der Waals surface area contributed by atoms with Gasteiger partial charge in [-0.05, 0) is 31.9 Å². The van der Waals surface area contributed by atoms with Gasteiger partial charge in [0, 0.05) is 29.8 Å². The second-order valence-electron chi connectivity index (χ2n) is 7.29. The molecule has 0 saturated carbocycles. The zero-order chi connectivity index (χ0) is 18.7. The maximum absolute atomic E-state index is 12.8. The van der Waals surface area contributed by atoms with E-state index in [1.165, 1.54) is 0 Å². The highest BCUT2D eigenvalue weighted by atomic mass is 16.2. The highest BCUT2D eigenvalue weighted by Gasteiger charge is 2.27. The van der Waals surface area contributed by atoms with Crippen LogP contribution in [0.25, 0.3) is 11.3 Å². The Kier molecular flexibility index (Phi) is 5.35. The molecule has 1 aromatic heterocycles. The lowest BCUT2D eigenvalue weighted by Crippen LogP contribution is -2.38. The van der Waals surface area contributed by atoms with Crippen molar-refractivity contribution < 1.29 is 4.79 Å². The molecule has 0 radical (unpaired) electrons. The van der Waals surface area contributed by atoms with E-state index in [4.69, 9.17) is 0 Å². The third-order valence-electron chi connectivity index (χ3n) is 4.47. The van der Waals surface area contributed by atoms with Crippen LogP contribution in [-0.4, -0.2) is 39.4 Å². The van der Waals surface area contributed by atoms with E-state index in [0.717, 1.165) is 17.1 Å². The Labute approximate surface area is 155 Å². The standard InChI is InChI=1S/C21H26N4O/c1-14(2)19-6-5-11-25(19)21(26)17-9-7-16(8-10-17)18-12-20(23-13-22-18)24-15(3)4/h5-10,12-15,19H,11H2,1-4H3,(H,22,23,24). The SMILES string of the molecule is CC(C)Nc1cc(-c2ccc(C(=O)N3CC=CC3C(C)C)cc2)ncn1. The van der Waals surface area contributed by atoms with Crippen molar-refractivity contribution in [3.8, 4) is 11.3 Å². The molecule has 1 aliphatic rings. The number of hydrogen-bond donors (Lipinski definition) is 1. The molecule has 0 spiro atoms. The molecule has 0 aliphatic carbocycles. The van der Waals surface area contributed by atoms with Crippen molar-refractivity contribution in [2.24, 2.45) is 5.92 Å². The number of benzene rings is 1. The van der Waals surface area contributed by atoms with E-state index in [1.54, 1.807) is 6.33 Å². The molecule has 1 aromatic carbocycles. The van der Waals surface area contributed by atoms with Gasteiger partial charge in [-0.25, -0.2) is 9.97 Å². The Balaban J connectivity index is 1.77. The smallest absolute Gasteiger partial charge is 0.254 e. The van der Waals surface area contributed by atoms with Crippen LogP contribution in [0.1, 0.15) is 38.1 Å². The van der Waals surface area contributed by atoms with Gasteiger partial charge in [-0.2, -0.15) is 0 Å². The van der Waals surface area contributed by atoms with Gasteiger partial charge in [0.2, 0.25) is 0 Å². The molecule has 3 rings (SSSR count). The summed E-state index contributed by atoms with van der Waals surface area (Å²) >= 11 is 0. The molecule has 5 nitrogen and oxygen atoms in total. The zero-order valence-corrected chi connectivity index (χ0v) is 15.8. The number of aromatic nitrogens is 2. The molecule has 1 N–H and O–H groups in total. The average Bonchev–Trinajstić information content (AvgIpc) is 3.11. The Hall–Kier alpha value is -2.69. The van der Waals surface area contributed by atoms with Gasteiger partial charge >= 0.3 is 0 Å². The summed E-state index contributed by atoms with van der Waals surface area (Å²) in [5, 5.41) is 3.28. The molecule has 26 heavy (non-hydrogen) atoms. The molecule has 2 heterocycles. The third kappa shape index (κ3) is 3.93. The van der Waals surface area contributed by atoms with E-state index in [9.17, 15) is 4.79 Å². The second kappa shape index (κ2) is 7.68. The molecule has 136 valence electrons. The van der Waals surface area contributed by atoms with E-state index in [2.05, 4.69) is 55.1 Å². The van der Waals surface area contributed by atoms with Crippen LogP contribution in [0.15, 0.2) is 48.8 Å². The number of amides is 1. The molecule has 0 bridgehead atoms. The molecule has 1 amide bonds. The lowest BCUT2D eigenvalue weighted by Gasteiger charge is -2.27. The van der Waals surface area contributed by atoms with Crippen LogP contribution in [0.2, 0.25) is 0 Å². The van der Waals surface area contributed by atoms with Crippen molar-refractivity contribution in [2.45, 2.75) is 39.8 Å². The van der Waals surface area contributed by atoms with Crippen LogP contribution in [0, 0.1) is 5.92 Å². The van der Waals surface area contributed by atoms with Crippen molar-refractivity contribution in [3.05, 3.63) is 54.4 Å². The maximum Gasteiger partial charge on any atom is 0.254 e. The van der Waals surface area contributed by atoms with Gasteiger partial charge in [-0.1, -0.05) is 38.1 Å². The van der Waals surface area contributed by atoms with E-state index in [0.29, 0.717) is 24.1 Å². The van der Waals surface area contributed by atoms with Gasteiger partial charge in [0.15, 0.2) is 0 Å². The lowest BCUT2D eigenvalue weighted by molar-refractivity contribution is 0.0720. The fraction of sp³-hybridized carbons (Fsp3) is 0.381. The number of carbonyl (C=O) groups excluding carboxylic acids is 1. The fourth-order valence-corrected chi connectivity index (χ4v) is 3.18. The Bertz CT molecular complexity index is 796. The summed E-state index contributed by atoms with van der Waals surface area (Å²) in [6.45, 7) is 9.10. The summed E-state index contributed by atoms with van der Waals surface area (Å²) in [5.74, 6) is 1.28. The van der Waals surface area contributed by atoms with E-state index >= 15 is 0 Å². The summed E-state index contributed by atoms with van der Waals surface area (Å²) in [6, 6.07) is 10.1. The molecule has 0 fully saturated rings. The Morgan fingerprint density at radius 1 is 1.15 bits per heavy atom. The van der Waals surface area contributed by atoms with Crippen molar-refractivity contribution >= 4 is 11.7 Å². The first kappa shape index (κ1) is 18.1. The van der Waals surface area contributed by atoms with Crippen LogP contribution in [0.5, 0.6) is 0 Å². The first-order valence-corrected chi connectivity index (χ1v) is 9.12. The van der Waals surface area contributed by atoms with E-state index < -0.39 is 0 Å². The maximum atomic E-state index is 12.8. The Morgan fingerprint density at radius 2 is 1.88 bits per heavy atom. The van der Waals surface area contributed by atoms with Crippen molar-refractivity contribution in [3.63, 3.8) is 0 Å². The van der Waals surface area contributed by atoms with Gasteiger partial charge in [0.05, 0.1) is 11.7 Å². The van der Waals surface area contributed by atoms with Crippen LogP contribution in [0.4, 0.5) is 5.82 Å². The van der Waals surface area contributed by atoms with Gasteiger partial charge < -0.3 is 10.2 Å². The number of rotatable bonds is 5. The first-order valence-electron chi connectivity index (χ1n) is 9.12. The number of nitrogens with one attached hydrogen (secondary N) is 1. The molecular formula is C21H26N4O. The van der Waals surface area contributed by atoms with Crippen LogP contribution < -0.4 is 5.32 Å². The largest absolute Gasteiger partial charge is 0.368 e. The number of anilines is 1. The molecule has 2 aromatic rings. The van der Waals surface area contributed by atoms with E-state index in [1.807, 2.05) is 35.2 Å². The minimum atomic E-state index is 0.0742. The highest BCUT2D eigenvalue weighted by Crippen LogP contribution is 2.23. The Morgan fingerprint density at radius 3 is 2.54 bits per heavy atom. The second-order valence-corrected chi connectivity index (χ2v) is 7.29. The van der Waals surface area contributed by atoms with E-state index in [-0.39, 0.29) is 11.9 Å². The molecular weight excluding hydrogens is 324 g/mol. The minimum Gasteiger partial charge on any atom is -0.368 e. The number of nitrogens with zero attached hydrogens (tertiary/aromatic N) is 3. The molecule has 1 unspecified atom stereocenters. The van der Waals surface area contributed by atoms with Crippen LogP contribution in [0.3, 0.4) is 0 Å². The molecule has 1 atom stereocenters. The predicted molar refractivity (Wildman–Crippen MR) is 105 cm³/mol. The summed E-state index contributed by atoms with van der Waals surface area (Å²) in [6.07, 6.45) is 5.75. The summed E-state index contributed by atoms with van der Waals surface area (Å²) in [7, 11) is 0. The highest BCUT2D eigenvalue weighted by molar-refractivity contribution is 5.95.